The second-order valence-electron chi connectivity index (χ2n) is 8.98. The number of anilines is 1. The number of nitrogens with two attached hydrogens (primary N) is 1. The Labute approximate surface area is 207 Å². The molecule has 2 aromatic carbocycles. The molecule has 1 saturated carbocycles. The van der Waals surface area contributed by atoms with Crippen LogP contribution < -0.4 is 15.4 Å². The molecule has 2 N–H and O–H groups in total. The van der Waals surface area contributed by atoms with Crippen LogP contribution in [0.25, 0.3) is 0 Å². The monoisotopic (exact) mass is 506 g/mol. The third-order valence-electron chi connectivity index (χ3n) is 6.14. The third-order valence-corrected chi connectivity index (χ3v) is 6.14. The van der Waals surface area contributed by atoms with Crippen molar-refractivity contribution in [3.05, 3.63) is 53.1 Å². The Morgan fingerprint density at radius 2 is 1.69 bits per heavy atom. The molecule has 7 nitrogen and oxygen atoms in total. The number of amides is 2. The lowest BCUT2D eigenvalue weighted by Gasteiger charge is -2.33. The highest BCUT2D eigenvalue weighted by molar-refractivity contribution is 6.04. The normalized spacial score (nSPS) is 14.4. The van der Waals surface area contributed by atoms with Crippen LogP contribution >= 0.6 is 0 Å². The number of hydrogen-bond donors (Lipinski definition) is 1. The highest BCUT2D eigenvalue weighted by atomic mass is 19.4. The Morgan fingerprint density at radius 1 is 1.03 bits per heavy atom. The first-order chi connectivity index (χ1) is 16.9. The minimum absolute atomic E-state index is 0.0184. The summed E-state index contributed by atoms with van der Waals surface area (Å²) in [6, 6.07) is 6.52. The number of primary amides is 1. The zero-order valence-corrected chi connectivity index (χ0v) is 20.4. The van der Waals surface area contributed by atoms with Gasteiger partial charge in [-0.3, -0.25) is 9.59 Å². The highest BCUT2D eigenvalue weighted by Gasteiger charge is 2.36. The van der Waals surface area contributed by atoms with Gasteiger partial charge < -0.3 is 20.1 Å². The molecule has 1 aliphatic carbocycles. The number of hydrogen-bond acceptors (Lipinski definition) is 5. The van der Waals surface area contributed by atoms with E-state index < -0.39 is 29.4 Å². The molecule has 0 unspecified atom stereocenters. The van der Waals surface area contributed by atoms with E-state index in [0.717, 1.165) is 44.2 Å². The van der Waals surface area contributed by atoms with Crippen molar-refractivity contribution in [3.8, 4) is 11.5 Å². The van der Waals surface area contributed by atoms with E-state index in [1.54, 1.807) is 0 Å². The number of rotatable bonds is 7. The summed E-state index contributed by atoms with van der Waals surface area (Å²) < 4.78 is 51.3. The third kappa shape index (κ3) is 5.98. The largest absolute Gasteiger partial charge is 0.465 e. The van der Waals surface area contributed by atoms with Gasteiger partial charge in [-0.25, -0.2) is 4.79 Å². The average Bonchev–Trinajstić information content (AvgIpc) is 2.84. The van der Waals surface area contributed by atoms with Crippen LogP contribution in [-0.2, 0) is 15.7 Å². The molecule has 0 aliphatic heterocycles. The number of carbonyl (C=O) groups excluding carboxylic acids is 3. The Balaban J connectivity index is 2.03. The van der Waals surface area contributed by atoms with Crippen molar-refractivity contribution in [2.75, 3.05) is 12.0 Å². The number of esters is 1. The first kappa shape index (κ1) is 27.0. The standard InChI is InChI=1S/C26H29F3N2O5/c1-15(2)31(24(33)16-7-5-4-6-8-16)21-11-10-18(14-19(21)25(34)35-3)36-22-12-9-17(23(30)32)13-20(22)26(27,28)29/h9-16H,4-8H2,1-3H3,(H2,30,32). The molecule has 0 bridgehead atoms. The summed E-state index contributed by atoms with van der Waals surface area (Å²) in [6.07, 6.45) is -0.321. The molecule has 10 heteroatoms. The Morgan fingerprint density at radius 3 is 2.25 bits per heavy atom. The fourth-order valence-electron chi connectivity index (χ4n) is 4.38. The zero-order valence-electron chi connectivity index (χ0n) is 20.4. The van der Waals surface area contributed by atoms with Crippen LogP contribution in [0.15, 0.2) is 36.4 Å². The molecular formula is C26H29F3N2O5. The Hall–Kier alpha value is -3.56. The lowest BCUT2D eigenvalue weighted by molar-refractivity contribution is -0.138. The van der Waals surface area contributed by atoms with E-state index >= 15 is 0 Å². The van der Waals surface area contributed by atoms with Crippen LogP contribution in [0.5, 0.6) is 11.5 Å². The summed E-state index contributed by atoms with van der Waals surface area (Å²) in [6.45, 7) is 3.64. The van der Waals surface area contributed by atoms with E-state index in [0.29, 0.717) is 11.8 Å². The number of nitrogens with zero attached hydrogens (tertiary/aromatic N) is 1. The van der Waals surface area contributed by atoms with Gasteiger partial charge in [-0.05, 0) is 63.1 Å². The van der Waals surface area contributed by atoms with E-state index in [1.165, 1.54) is 30.2 Å². The first-order valence-electron chi connectivity index (χ1n) is 11.7. The van der Waals surface area contributed by atoms with Gasteiger partial charge in [-0.15, -0.1) is 0 Å². The van der Waals surface area contributed by atoms with Gasteiger partial charge in [0, 0.05) is 17.5 Å². The highest BCUT2D eigenvalue weighted by Crippen LogP contribution is 2.40. The van der Waals surface area contributed by atoms with Crippen LogP contribution in [0.2, 0.25) is 0 Å². The second-order valence-corrected chi connectivity index (χ2v) is 8.98. The van der Waals surface area contributed by atoms with E-state index in [1.807, 2.05) is 13.8 Å². The predicted octanol–water partition coefficient (Wildman–Crippen LogP) is 5.70. The topological polar surface area (TPSA) is 98.9 Å². The van der Waals surface area contributed by atoms with Crippen LogP contribution in [0.1, 0.15) is 72.2 Å². The number of ether oxygens (including phenoxy) is 2. The van der Waals surface area contributed by atoms with E-state index in [9.17, 15) is 27.6 Å². The lowest BCUT2D eigenvalue weighted by Crippen LogP contribution is -2.42. The maximum Gasteiger partial charge on any atom is 0.420 e. The van der Waals surface area contributed by atoms with Crippen LogP contribution in [0.4, 0.5) is 18.9 Å². The van der Waals surface area contributed by atoms with Crippen molar-refractivity contribution >= 4 is 23.5 Å². The van der Waals surface area contributed by atoms with Crippen LogP contribution in [0.3, 0.4) is 0 Å². The van der Waals surface area contributed by atoms with Crippen molar-refractivity contribution in [1.29, 1.82) is 0 Å². The zero-order chi connectivity index (χ0) is 26.6. The van der Waals surface area contributed by atoms with Gasteiger partial charge in [-0.2, -0.15) is 13.2 Å². The SMILES string of the molecule is COC(=O)c1cc(Oc2ccc(C(N)=O)cc2C(F)(F)F)ccc1N(C(=O)C1CCCCC1)C(C)C. The van der Waals surface area contributed by atoms with Gasteiger partial charge in [0.05, 0.1) is 23.9 Å². The number of benzene rings is 2. The Bertz CT molecular complexity index is 1140. The van der Waals surface area contributed by atoms with Crippen LogP contribution in [-0.4, -0.2) is 30.9 Å². The average molecular weight is 507 g/mol. The van der Waals surface area contributed by atoms with Gasteiger partial charge >= 0.3 is 12.1 Å². The van der Waals surface area contributed by atoms with Gasteiger partial charge in [0.2, 0.25) is 11.8 Å². The van der Waals surface area contributed by atoms with E-state index in [-0.39, 0.29) is 34.7 Å². The molecule has 194 valence electrons. The fraction of sp³-hybridized carbons (Fsp3) is 0.423. The molecule has 1 aliphatic rings. The molecule has 0 atom stereocenters. The minimum Gasteiger partial charge on any atom is -0.465 e. The smallest absolute Gasteiger partial charge is 0.420 e. The quantitative estimate of drug-likeness (QED) is 0.486. The minimum atomic E-state index is -4.83. The molecule has 0 saturated heterocycles. The summed E-state index contributed by atoms with van der Waals surface area (Å²) in [5, 5.41) is 0. The summed E-state index contributed by atoms with van der Waals surface area (Å²) in [5.74, 6) is -2.70. The molecule has 3 rings (SSSR count). The maximum absolute atomic E-state index is 13.6. The molecule has 2 amide bonds. The molecule has 0 aromatic heterocycles. The molecule has 36 heavy (non-hydrogen) atoms. The summed E-state index contributed by atoms with van der Waals surface area (Å²) in [4.78, 5) is 39.0. The second kappa shape index (κ2) is 11.0. The lowest BCUT2D eigenvalue weighted by atomic mass is 9.87. The summed E-state index contributed by atoms with van der Waals surface area (Å²) in [5.41, 5.74) is 3.87. The molecule has 0 radical (unpaired) electrons. The van der Waals surface area contributed by atoms with E-state index in [2.05, 4.69) is 0 Å². The van der Waals surface area contributed by atoms with Crippen LogP contribution in [0, 0.1) is 5.92 Å². The molecule has 1 fully saturated rings. The van der Waals surface area contributed by atoms with E-state index in [4.69, 9.17) is 15.2 Å². The molecular weight excluding hydrogens is 477 g/mol. The molecule has 0 spiro atoms. The summed E-state index contributed by atoms with van der Waals surface area (Å²) in [7, 11) is 1.17. The van der Waals surface area contributed by atoms with Crippen molar-refractivity contribution in [1.82, 2.24) is 0 Å². The maximum atomic E-state index is 13.6. The fourth-order valence-corrected chi connectivity index (χ4v) is 4.38. The Kier molecular flexibility index (Phi) is 8.27. The van der Waals surface area contributed by atoms with Gasteiger partial charge in [-0.1, -0.05) is 19.3 Å². The van der Waals surface area contributed by atoms with Gasteiger partial charge in [0.15, 0.2) is 0 Å². The van der Waals surface area contributed by atoms with Gasteiger partial charge in [0.25, 0.3) is 0 Å². The molecule has 0 heterocycles. The predicted molar refractivity (Wildman–Crippen MR) is 127 cm³/mol. The number of alkyl halides is 3. The molecule has 2 aromatic rings. The van der Waals surface area contributed by atoms with Crippen molar-refractivity contribution in [2.24, 2.45) is 11.7 Å². The first-order valence-corrected chi connectivity index (χ1v) is 11.7. The van der Waals surface area contributed by atoms with Gasteiger partial charge in [0.1, 0.15) is 11.5 Å². The number of methoxy groups -OCH3 is 1. The summed E-state index contributed by atoms with van der Waals surface area (Å²) >= 11 is 0. The number of halogens is 3. The number of carbonyl (C=O) groups is 3. The van der Waals surface area contributed by atoms with Crippen molar-refractivity contribution < 1.29 is 37.0 Å². The van der Waals surface area contributed by atoms with Crippen molar-refractivity contribution in [3.63, 3.8) is 0 Å². The van der Waals surface area contributed by atoms with Crippen molar-refractivity contribution in [2.45, 2.75) is 58.2 Å².